The fraction of sp³-hybridized carbons (Fsp3) is 0.0690. The highest BCUT2D eigenvalue weighted by atomic mass is 127. The van der Waals surface area contributed by atoms with Crippen LogP contribution < -0.4 is 0 Å². The summed E-state index contributed by atoms with van der Waals surface area (Å²) in [6.07, 6.45) is 0. The van der Waals surface area contributed by atoms with Crippen LogP contribution in [0, 0.1) is 6.92 Å². The summed E-state index contributed by atoms with van der Waals surface area (Å²) in [5, 5.41) is 4.94. The Labute approximate surface area is 544 Å². The van der Waals surface area contributed by atoms with Gasteiger partial charge in [0.15, 0.2) is 0 Å². The smallest absolute Gasteiger partial charge is 0.0781 e. The van der Waals surface area contributed by atoms with Crippen molar-refractivity contribution >= 4 is 83.2 Å². The average molecular weight is 1280 g/mol. The number of hydrogen-bond donors (Lipinski definition) is 0. The van der Waals surface area contributed by atoms with Gasteiger partial charge in [-0.1, -0.05) is 243 Å². The number of benzene rings is 13. The standard InChI is InChI=1S/C87H62IN3/c1-54-20-18-19-29-80(54)89-85(65-31-39-70-71-41-37-67(53-79(71)87(5,88)78(70)51-65)91-83-44-34-63(58-25-14-8-15-26-58)48-74(83)75-49-64(35-45-84(75)91)59-27-16-9-17-28-59)55(2)60-30-38-68-69-40-36-66(52-77(69)86(3,4)76(68)50-60)90-81-42-32-61(56-21-10-6-11-22-56)46-72(81)73-47-62(33-43-82(73)90)57-23-12-7-13-24-57/h6-53H,2H2,1,3-5H3. The van der Waals surface area contributed by atoms with E-state index in [0.29, 0.717) is 0 Å². The maximum Gasteiger partial charge on any atom is 0.0781 e. The normalized spacial score (nSPS) is 14.7. The fourth-order valence-electron chi connectivity index (χ4n) is 14.9. The lowest BCUT2D eigenvalue weighted by Gasteiger charge is -2.23. The van der Waals surface area contributed by atoms with Crippen LogP contribution in [0.3, 0.4) is 0 Å². The van der Waals surface area contributed by atoms with Crippen LogP contribution in [0.5, 0.6) is 0 Å². The van der Waals surface area contributed by atoms with E-state index in [1.807, 2.05) is 0 Å². The molecule has 2 aliphatic rings. The first kappa shape index (κ1) is 54.7. The number of aliphatic imine (C=N–C) groups is 1. The summed E-state index contributed by atoms with van der Waals surface area (Å²) in [6, 6.07) is 107. The number of fused-ring (bicyclic) bond motifs is 12. The monoisotopic (exact) mass is 1280 g/mol. The Kier molecular flexibility index (Phi) is 12.7. The van der Waals surface area contributed by atoms with E-state index in [9.17, 15) is 0 Å². The van der Waals surface area contributed by atoms with Crippen molar-refractivity contribution in [3.05, 3.63) is 337 Å². The summed E-state index contributed by atoms with van der Waals surface area (Å²) >= 11 is 2.71. The van der Waals surface area contributed by atoms with Gasteiger partial charge in [-0.15, -0.1) is 0 Å². The zero-order valence-corrected chi connectivity index (χ0v) is 53.3. The molecule has 91 heavy (non-hydrogen) atoms. The number of alkyl halides is 1. The Balaban J connectivity index is 0.734. The van der Waals surface area contributed by atoms with Gasteiger partial charge in [-0.2, -0.15) is 0 Å². The number of aryl methyl sites for hydroxylation is 1. The Bertz CT molecular complexity index is 5340. The van der Waals surface area contributed by atoms with E-state index in [-0.39, 0.29) is 8.84 Å². The van der Waals surface area contributed by atoms with Crippen molar-refractivity contribution in [1.29, 1.82) is 0 Å². The van der Waals surface area contributed by atoms with Gasteiger partial charge in [-0.05, 0) is 205 Å². The molecule has 0 spiro atoms. The van der Waals surface area contributed by atoms with Gasteiger partial charge in [0, 0.05) is 49.5 Å². The van der Waals surface area contributed by atoms with Gasteiger partial charge in [0.2, 0.25) is 0 Å². The number of halogens is 1. The summed E-state index contributed by atoms with van der Waals surface area (Å²) in [4.78, 5) is 5.60. The van der Waals surface area contributed by atoms with Gasteiger partial charge in [0.1, 0.15) is 0 Å². The molecule has 2 heterocycles. The third kappa shape index (κ3) is 8.86. The number of para-hydroxylation sites is 1. The molecule has 0 fully saturated rings. The summed E-state index contributed by atoms with van der Waals surface area (Å²) in [7, 11) is 0. The minimum absolute atomic E-state index is 0.319. The van der Waals surface area contributed by atoms with Gasteiger partial charge in [0.25, 0.3) is 0 Å². The molecule has 13 aromatic carbocycles. The number of aromatic nitrogens is 2. The Morgan fingerprint density at radius 3 is 1.11 bits per heavy atom. The van der Waals surface area contributed by atoms with Crippen LogP contribution >= 0.6 is 22.6 Å². The summed E-state index contributed by atoms with van der Waals surface area (Å²) in [6.45, 7) is 14.3. The topological polar surface area (TPSA) is 22.2 Å². The number of allylic oxidation sites excluding steroid dienone is 1. The molecule has 0 N–H and O–H groups in total. The summed E-state index contributed by atoms with van der Waals surface area (Å²) in [5.74, 6) is 0. The van der Waals surface area contributed by atoms with Crippen LogP contribution in [0.2, 0.25) is 0 Å². The second-order valence-corrected chi connectivity index (χ2v) is 27.6. The molecule has 432 valence electrons. The van der Waals surface area contributed by atoms with Crippen molar-refractivity contribution in [2.45, 2.75) is 36.5 Å². The molecule has 2 aliphatic carbocycles. The minimum atomic E-state index is -0.360. The second kappa shape index (κ2) is 21.1. The van der Waals surface area contributed by atoms with Crippen molar-refractivity contribution < 1.29 is 0 Å². The molecule has 0 saturated carbocycles. The molecule has 4 heteroatoms. The Morgan fingerprint density at radius 2 is 0.681 bits per heavy atom. The highest BCUT2D eigenvalue weighted by Gasteiger charge is 2.39. The third-order valence-corrected chi connectivity index (χ3v) is 20.9. The summed E-state index contributed by atoms with van der Waals surface area (Å²) < 4.78 is 4.58. The zero-order chi connectivity index (χ0) is 61.3. The molecule has 0 amide bonds. The molecule has 17 rings (SSSR count). The molecular formula is C87H62IN3. The van der Waals surface area contributed by atoms with E-state index in [4.69, 9.17) is 11.6 Å². The van der Waals surface area contributed by atoms with Gasteiger partial charge in [0.05, 0.1) is 36.9 Å². The van der Waals surface area contributed by atoms with Crippen molar-refractivity contribution in [3.8, 4) is 78.1 Å². The average Bonchev–Trinajstić information content (AvgIpc) is 1.60. The van der Waals surface area contributed by atoms with E-state index in [1.165, 1.54) is 133 Å². The molecule has 15 aromatic rings. The van der Waals surface area contributed by atoms with E-state index in [1.54, 1.807) is 0 Å². The quantitative estimate of drug-likeness (QED) is 0.0740. The Morgan fingerprint density at radius 1 is 0.341 bits per heavy atom. The highest BCUT2D eigenvalue weighted by molar-refractivity contribution is 14.1. The van der Waals surface area contributed by atoms with Crippen molar-refractivity contribution in [2.24, 2.45) is 4.99 Å². The van der Waals surface area contributed by atoms with Crippen LogP contribution in [0.1, 0.15) is 59.7 Å². The largest absolute Gasteiger partial charge is 0.309 e. The first-order valence-electron chi connectivity index (χ1n) is 31.5. The molecule has 1 atom stereocenters. The van der Waals surface area contributed by atoms with Crippen molar-refractivity contribution in [2.75, 3.05) is 0 Å². The Hall–Kier alpha value is -10.4. The number of nitrogens with zero attached hydrogens (tertiary/aromatic N) is 3. The summed E-state index contributed by atoms with van der Waals surface area (Å²) in [5.41, 5.74) is 32.5. The highest BCUT2D eigenvalue weighted by Crippen LogP contribution is 2.55. The van der Waals surface area contributed by atoms with Crippen LogP contribution in [0.25, 0.3) is 127 Å². The molecule has 0 radical (unpaired) electrons. The molecule has 1 unspecified atom stereocenters. The van der Waals surface area contributed by atoms with Gasteiger partial charge in [-0.25, -0.2) is 4.99 Å². The molecule has 0 aliphatic heterocycles. The van der Waals surface area contributed by atoms with Crippen LogP contribution in [-0.2, 0) is 8.84 Å². The van der Waals surface area contributed by atoms with Crippen LogP contribution in [0.15, 0.2) is 303 Å². The van der Waals surface area contributed by atoms with Crippen LogP contribution in [-0.4, -0.2) is 14.8 Å². The molecule has 2 aromatic heterocycles. The predicted molar refractivity (Wildman–Crippen MR) is 393 cm³/mol. The van der Waals surface area contributed by atoms with Gasteiger partial charge < -0.3 is 9.13 Å². The minimum Gasteiger partial charge on any atom is -0.309 e. The lowest BCUT2D eigenvalue weighted by molar-refractivity contribution is 0.659. The number of rotatable bonds is 10. The lowest BCUT2D eigenvalue weighted by Crippen LogP contribution is -2.16. The molecule has 0 bridgehead atoms. The molecule has 3 nitrogen and oxygen atoms in total. The van der Waals surface area contributed by atoms with Crippen molar-refractivity contribution in [1.82, 2.24) is 9.13 Å². The number of hydrogen-bond acceptors (Lipinski definition) is 1. The van der Waals surface area contributed by atoms with E-state index >= 15 is 0 Å². The van der Waals surface area contributed by atoms with Crippen LogP contribution in [0.4, 0.5) is 5.69 Å². The van der Waals surface area contributed by atoms with Gasteiger partial charge >= 0.3 is 0 Å². The zero-order valence-electron chi connectivity index (χ0n) is 51.1. The SMILES string of the molecule is C=C(C(=Nc1ccccc1C)c1ccc2c(c1)C(C)(I)c1cc(-n3c4ccc(-c5ccccc5)cc4c4cc(-c5ccccc5)ccc43)ccc1-2)c1ccc2c(c1)C(C)(C)c1cc(-n3c4ccc(-c5ccccc5)cc4c4cc(-c5ccccc5)ccc43)ccc1-2. The maximum absolute atomic E-state index is 5.60. The second-order valence-electron chi connectivity index (χ2n) is 25.4. The molecular weight excluding hydrogens is 1210 g/mol. The predicted octanol–water partition coefficient (Wildman–Crippen LogP) is 23.7. The molecule has 0 saturated heterocycles. The first-order chi connectivity index (χ1) is 44.4. The van der Waals surface area contributed by atoms with E-state index < -0.39 is 0 Å². The third-order valence-electron chi connectivity index (χ3n) is 19.7. The lowest BCUT2D eigenvalue weighted by atomic mass is 9.81. The first-order valence-corrected chi connectivity index (χ1v) is 32.5. The van der Waals surface area contributed by atoms with Gasteiger partial charge in [-0.3, -0.25) is 0 Å². The fourth-order valence-corrected chi connectivity index (χ4v) is 15.8. The van der Waals surface area contributed by atoms with Crippen molar-refractivity contribution in [3.63, 3.8) is 0 Å². The maximum atomic E-state index is 5.60. The van der Waals surface area contributed by atoms with E-state index in [0.717, 1.165) is 45.0 Å². The van der Waals surface area contributed by atoms with E-state index in [2.05, 4.69) is 351 Å².